The molecule has 2 rings (SSSR count). The summed E-state index contributed by atoms with van der Waals surface area (Å²) in [7, 11) is 0. The van der Waals surface area contributed by atoms with Crippen LogP contribution in [0.15, 0.2) is 47.5 Å². The van der Waals surface area contributed by atoms with Gasteiger partial charge < -0.3 is 5.11 Å². The Morgan fingerprint density at radius 1 is 1.10 bits per heavy atom. The topological polar surface area (TPSA) is 32.6 Å². The maximum absolute atomic E-state index is 10.5. The van der Waals surface area contributed by atoms with Crippen molar-refractivity contribution in [1.82, 2.24) is 0 Å². The van der Waals surface area contributed by atoms with E-state index in [9.17, 15) is 5.11 Å². The van der Waals surface area contributed by atoms with E-state index in [4.69, 9.17) is 0 Å². The highest BCUT2D eigenvalue weighted by molar-refractivity contribution is 5.89. The molecule has 1 N–H and O–H groups in total. The molecule has 110 valence electrons. The van der Waals surface area contributed by atoms with E-state index >= 15 is 0 Å². The number of hydrogen-bond donors (Lipinski definition) is 1. The molecule has 0 aromatic heterocycles. The zero-order valence-electron chi connectivity index (χ0n) is 13.0. The largest absolute Gasteiger partial charge is 0.507 e. The number of aliphatic imine (C=N–C) groups is 1. The first kappa shape index (κ1) is 15.3. The number of aromatic hydroxyl groups is 1. The molecule has 2 aromatic carbocycles. The molecule has 0 fully saturated rings. The third-order valence-electron chi connectivity index (χ3n) is 3.74. The van der Waals surface area contributed by atoms with Crippen LogP contribution in [0.2, 0.25) is 0 Å². The molecule has 0 aliphatic carbocycles. The van der Waals surface area contributed by atoms with Crippen LogP contribution in [0.1, 0.15) is 37.8 Å². The Bertz CT molecular complexity index is 613. The number of aryl methyl sites for hydroxylation is 1. The van der Waals surface area contributed by atoms with E-state index in [-0.39, 0.29) is 0 Å². The second-order valence-corrected chi connectivity index (χ2v) is 5.36. The third kappa shape index (κ3) is 3.72. The van der Waals surface area contributed by atoms with Gasteiger partial charge in [-0.2, -0.15) is 0 Å². The average Bonchev–Trinajstić information content (AvgIpc) is 2.52. The predicted molar refractivity (Wildman–Crippen MR) is 90.2 cm³/mol. The molecule has 0 amide bonds. The minimum atomic E-state index is 0.307. The van der Waals surface area contributed by atoms with Crippen molar-refractivity contribution < 1.29 is 5.11 Å². The summed E-state index contributed by atoms with van der Waals surface area (Å²) in [5.41, 5.74) is 3.80. The minimum absolute atomic E-state index is 0.307. The Labute approximate surface area is 127 Å². The normalized spacial score (nSPS) is 11.4. The fraction of sp³-hybridized carbons (Fsp3) is 0.316. The highest BCUT2D eigenvalue weighted by Crippen LogP contribution is 2.32. The molecule has 0 aliphatic rings. The summed E-state index contributed by atoms with van der Waals surface area (Å²) < 4.78 is 0. The molecule has 2 aromatic rings. The first-order chi connectivity index (χ1) is 10.2. The van der Waals surface area contributed by atoms with Gasteiger partial charge in [-0.25, -0.2) is 0 Å². The summed E-state index contributed by atoms with van der Waals surface area (Å²) in [6.45, 7) is 6.31. The van der Waals surface area contributed by atoms with Crippen LogP contribution in [0, 0.1) is 6.92 Å². The Morgan fingerprint density at radius 2 is 1.76 bits per heavy atom. The molecule has 0 heterocycles. The van der Waals surface area contributed by atoms with Crippen LogP contribution in [0.4, 0.5) is 0 Å². The molecular weight excluding hydrogens is 258 g/mol. The lowest BCUT2D eigenvalue weighted by atomic mass is 9.99. The minimum Gasteiger partial charge on any atom is -0.507 e. The summed E-state index contributed by atoms with van der Waals surface area (Å²) in [4.78, 5) is 4.58. The van der Waals surface area contributed by atoms with Gasteiger partial charge in [0, 0.05) is 23.4 Å². The van der Waals surface area contributed by atoms with E-state index in [1.54, 1.807) is 0 Å². The van der Waals surface area contributed by atoms with Crippen LogP contribution in [-0.4, -0.2) is 17.4 Å². The molecule has 0 saturated carbocycles. The average molecular weight is 281 g/mol. The molecule has 0 radical (unpaired) electrons. The van der Waals surface area contributed by atoms with Gasteiger partial charge in [0.25, 0.3) is 0 Å². The summed E-state index contributed by atoms with van der Waals surface area (Å²) in [6.07, 6.45) is 3.85. The van der Waals surface area contributed by atoms with Crippen molar-refractivity contribution in [1.29, 1.82) is 0 Å². The van der Waals surface area contributed by atoms with Crippen LogP contribution in [0.25, 0.3) is 11.1 Å². The van der Waals surface area contributed by atoms with Crippen molar-refractivity contribution in [2.45, 2.75) is 39.7 Å². The van der Waals surface area contributed by atoms with Crippen molar-refractivity contribution in [3.8, 4) is 16.9 Å². The van der Waals surface area contributed by atoms with Gasteiger partial charge in [0.05, 0.1) is 0 Å². The van der Waals surface area contributed by atoms with E-state index in [0.717, 1.165) is 35.1 Å². The Hall–Kier alpha value is -2.09. The number of hydrogen-bond acceptors (Lipinski definition) is 2. The standard InChI is InChI=1S/C19H23NO/c1-4-17(5-2)20-13-16-11-14(3)12-18(19(16)21)15-9-7-6-8-10-15/h6-13,17,21H,4-5H2,1-3H3. The molecule has 2 heteroatoms. The molecule has 0 saturated heterocycles. The zero-order valence-corrected chi connectivity index (χ0v) is 13.0. The first-order valence-electron chi connectivity index (χ1n) is 7.57. The maximum Gasteiger partial charge on any atom is 0.132 e. The number of phenolic OH excluding ortho intramolecular Hbond substituents is 1. The van der Waals surface area contributed by atoms with Crippen LogP contribution in [0.5, 0.6) is 5.75 Å². The first-order valence-corrected chi connectivity index (χ1v) is 7.57. The Kier molecular flexibility index (Phi) is 5.15. The van der Waals surface area contributed by atoms with Crippen LogP contribution in [-0.2, 0) is 0 Å². The van der Waals surface area contributed by atoms with Crippen LogP contribution < -0.4 is 0 Å². The molecule has 0 atom stereocenters. The number of benzene rings is 2. The predicted octanol–water partition coefficient (Wildman–Crippen LogP) is 4.98. The van der Waals surface area contributed by atoms with Gasteiger partial charge in [-0.15, -0.1) is 0 Å². The summed E-state index contributed by atoms with van der Waals surface area (Å²) in [6, 6.07) is 14.3. The second-order valence-electron chi connectivity index (χ2n) is 5.36. The molecular formula is C19H23NO. The molecule has 21 heavy (non-hydrogen) atoms. The zero-order chi connectivity index (χ0) is 15.2. The molecule has 0 bridgehead atoms. The van der Waals surface area contributed by atoms with Crippen molar-refractivity contribution in [2.24, 2.45) is 4.99 Å². The Balaban J connectivity index is 2.42. The van der Waals surface area contributed by atoms with Gasteiger partial charge in [0.1, 0.15) is 5.75 Å². The van der Waals surface area contributed by atoms with Crippen molar-refractivity contribution in [3.05, 3.63) is 53.6 Å². The molecule has 0 aliphatic heterocycles. The van der Waals surface area contributed by atoms with Gasteiger partial charge in [-0.3, -0.25) is 4.99 Å². The summed E-state index contributed by atoms with van der Waals surface area (Å²) >= 11 is 0. The van der Waals surface area contributed by atoms with Gasteiger partial charge in [-0.05, 0) is 43.0 Å². The van der Waals surface area contributed by atoms with Crippen molar-refractivity contribution in [3.63, 3.8) is 0 Å². The van der Waals surface area contributed by atoms with Crippen molar-refractivity contribution in [2.75, 3.05) is 0 Å². The monoisotopic (exact) mass is 281 g/mol. The number of nitrogens with zero attached hydrogens (tertiary/aromatic N) is 1. The van der Waals surface area contributed by atoms with E-state index in [1.165, 1.54) is 0 Å². The number of rotatable bonds is 5. The SMILES string of the molecule is CCC(CC)N=Cc1cc(C)cc(-c2ccccc2)c1O. The molecule has 2 nitrogen and oxygen atoms in total. The fourth-order valence-electron chi connectivity index (χ4n) is 2.43. The van der Waals surface area contributed by atoms with Gasteiger partial charge in [0.2, 0.25) is 0 Å². The third-order valence-corrected chi connectivity index (χ3v) is 3.74. The van der Waals surface area contributed by atoms with E-state index < -0.39 is 0 Å². The van der Waals surface area contributed by atoms with E-state index in [1.807, 2.05) is 55.6 Å². The van der Waals surface area contributed by atoms with Gasteiger partial charge in [-0.1, -0.05) is 44.2 Å². The lowest BCUT2D eigenvalue weighted by Gasteiger charge is -2.10. The van der Waals surface area contributed by atoms with E-state index in [0.29, 0.717) is 11.8 Å². The summed E-state index contributed by atoms with van der Waals surface area (Å²) in [5.74, 6) is 0.307. The lowest BCUT2D eigenvalue weighted by molar-refractivity contribution is 0.476. The fourth-order valence-corrected chi connectivity index (χ4v) is 2.43. The van der Waals surface area contributed by atoms with Gasteiger partial charge in [0.15, 0.2) is 0 Å². The van der Waals surface area contributed by atoms with Crippen molar-refractivity contribution >= 4 is 6.21 Å². The Morgan fingerprint density at radius 3 is 2.38 bits per heavy atom. The smallest absolute Gasteiger partial charge is 0.132 e. The van der Waals surface area contributed by atoms with Crippen LogP contribution >= 0.6 is 0 Å². The lowest BCUT2D eigenvalue weighted by Crippen LogP contribution is -2.00. The molecule has 0 spiro atoms. The van der Waals surface area contributed by atoms with Gasteiger partial charge >= 0.3 is 0 Å². The highest BCUT2D eigenvalue weighted by atomic mass is 16.3. The van der Waals surface area contributed by atoms with E-state index in [2.05, 4.69) is 18.8 Å². The second kappa shape index (κ2) is 7.07. The highest BCUT2D eigenvalue weighted by Gasteiger charge is 2.09. The summed E-state index contributed by atoms with van der Waals surface area (Å²) in [5, 5.41) is 10.5. The quantitative estimate of drug-likeness (QED) is 0.771. The molecule has 0 unspecified atom stereocenters. The van der Waals surface area contributed by atoms with Crippen LogP contribution in [0.3, 0.4) is 0 Å². The maximum atomic E-state index is 10.5. The number of phenols is 1.